The molecule has 0 saturated carbocycles. The number of hydrogen-bond donors (Lipinski definition) is 1. The Bertz CT molecular complexity index is 875. The summed E-state index contributed by atoms with van der Waals surface area (Å²) in [5.74, 6) is -1.04. The molecule has 1 atom stereocenters. The summed E-state index contributed by atoms with van der Waals surface area (Å²) in [4.78, 5) is 53.1. The summed E-state index contributed by atoms with van der Waals surface area (Å²) in [6.45, 7) is 10.5. The first-order valence-corrected chi connectivity index (χ1v) is 11.3. The highest BCUT2D eigenvalue weighted by atomic mass is 16.6. The number of primary amides is 1. The van der Waals surface area contributed by atoms with Gasteiger partial charge in [0.2, 0.25) is 0 Å². The van der Waals surface area contributed by atoms with Crippen LogP contribution in [0.4, 0.5) is 9.59 Å². The third-order valence-corrected chi connectivity index (χ3v) is 4.70. The van der Waals surface area contributed by atoms with Gasteiger partial charge in [-0.15, -0.1) is 0 Å². The number of carbonyl (C=O) groups excluding carboxylic acids is 4. The molecule has 1 fully saturated rings. The molecule has 0 radical (unpaired) electrons. The van der Waals surface area contributed by atoms with Gasteiger partial charge in [0.25, 0.3) is 0 Å². The van der Waals surface area contributed by atoms with E-state index >= 15 is 0 Å². The molecule has 1 saturated heterocycles. The Balaban J connectivity index is 2.03. The maximum absolute atomic E-state index is 13.0. The zero-order valence-corrected chi connectivity index (χ0v) is 20.8. The molecular weight excluding hydrogens is 442 g/mol. The number of nitrogens with two attached hydrogens (primary N) is 1. The van der Waals surface area contributed by atoms with Gasteiger partial charge in [0.05, 0.1) is 6.54 Å². The van der Waals surface area contributed by atoms with Gasteiger partial charge in [-0.05, 0) is 47.1 Å². The second kappa shape index (κ2) is 11.3. The molecule has 0 spiro atoms. The number of quaternary nitrogens is 1. The molecule has 0 bridgehead atoms. The third kappa shape index (κ3) is 9.01. The lowest BCUT2D eigenvalue weighted by Gasteiger charge is -2.39. The van der Waals surface area contributed by atoms with Gasteiger partial charge in [-0.25, -0.2) is 19.2 Å². The average molecular weight is 479 g/mol. The van der Waals surface area contributed by atoms with Crippen molar-refractivity contribution in [3.05, 3.63) is 35.9 Å². The molecule has 1 aliphatic rings. The Kier molecular flexibility index (Phi) is 9.03. The van der Waals surface area contributed by atoms with Crippen LogP contribution in [0.25, 0.3) is 0 Å². The Hall–Kier alpha value is -3.14. The Labute approximate surface area is 200 Å². The van der Waals surface area contributed by atoms with Crippen molar-refractivity contribution in [2.75, 3.05) is 26.2 Å². The van der Waals surface area contributed by atoms with E-state index < -0.39 is 41.3 Å². The minimum atomic E-state index is -1.00. The van der Waals surface area contributed by atoms with E-state index in [1.807, 2.05) is 30.3 Å². The maximum Gasteiger partial charge on any atom is 0.411 e. The SMILES string of the molecule is CC(C)(C)OC(=O)N1CCN(C(=O)OC(C)(C)C)C(C(=O)[NH2+]CC(=O)OCc2ccccc2)C1. The van der Waals surface area contributed by atoms with E-state index in [4.69, 9.17) is 14.2 Å². The van der Waals surface area contributed by atoms with E-state index in [9.17, 15) is 19.2 Å². The molecular formula is C24H36N3O7+. The summed E-state index contributed by atoms with van der Waals surface area (Å²) in [7, 11) is 0. The largest absolute Gasteiger partial charge is 0.457 e. The van der Waals surface area contributed by atoms with Crippen molar-refractivity contribution in [1.82, 2.24) is 9.80 Å². The summed E-state index contributed by atoms with van der Waals surface area (Å²) >= 11 is 0. The maximum atomic E-state index is 13.0. The van der Waals surface area contributed by atoms with Crippen molar-refractivity contribution in [1.29, 1.82) is 0 Å². The summed E-state index contributed by atoms with van der Waals surface area (Å²) in [5.41, 5.74) is -0.621. The monoisotopic (exact) mass is 478 g/mol. The Morgan fingerprint density at radius 2 is 1.50 bits per heavy atom. The van der Waals surface area contributed by atoms with E-state index in [1.54, 1.807) is 41.5 Å². The predicted molar refractivity (Wildman–Crippen MR) is 123 cm³/mol. The third-order valence-electron chi connectivity index (χ3n) is 4.70. The molecule has 1 aromatic carbocycles. The molecule has 1 heterocycles. The lowest BCUT2D eigenvalue weighted by Crippen LogP contribution is -2.93. The number of rotatable bonds is 5. The minimum absolute atomic E-state index is 0.0669. The fourth-order valence-corrected chi connectivity index (χ4v) is 3.17. The highest BCUT2D eigenvalue weighted by Crippen LogP contribution is 2.18. The van der Waals surface area contributed by atoms with Crippen molar-refractivity contribution >= 4 is 24.1 Å². The Morgan fingerprint density at radius 3 is 2.09 bits per heavy atom. The van der Waals surface area contributed by atoms with Crippen molar-refractivity contribution in [2.45, 2.75) is 65.4 Å². The lowest BCUT2D eigenvalue weighted by molar-refractivity contribution is -0.561. The van der Waals surface area contributed by atoms with Gasteiger partial charge in [-0.1, -0.05) is 30.3 Å². The normalized spacial score (nSPS) is 16.6. The average Bonchev–Trinajstić information content (AvgIpc) is 2.74. The summed E-state index contributed by atoms with van der Waals surface area (Å²) in [5, 5.41) is 1.19. The van der Waals surface area contributed by atoms with E-state index in [2.05, 4.69) is 0 Å². The molecule has 2 rings (SSSR count). The van der Waals surface area contributed by atoms with Crippen LogP contribution in [0.15, 0.2) is 30.3 Å². The van der Waals surface area contributed by atoms with Gasteiger partial charge in [-0.2, -0.15) is 0 Å². The number of ether oxygens (including phenoxy) is 3. The minimum Gasteiger partial charge on any atom is -0.457 e. The fraction of sp³-hybridized carbons (Fsp3) is 0.583. The van der Waals surface area contributed by atoms with E-state index in [0.717, 1.165) is 5.56 Å². The standard InChI is InChI=1S/C24H35N3O7/c1-23(2,3)33-21(30)26-12-13-27(22(31)34-24(4,5)6)18(15-26)20(29)25-14-19(28)32-16-17-10-8-7-9-11-17/h7-11,18H,12-16H2,1-6H3,(H,25,29)/p+1. The molecule has 3 amide bonds. The predicted octanol–water partition coefficient (Wildman–Crippen LogP) is 1.68. The summed E-state index contributed by atoms with van der Waals surface area (Å²) in [6.07, 6.45) is -1.23. The molecule has 1 unspecified atom stereocenters. The Morgan fingerprint density at radius 1 is 0.912 bits per heavy atom. The van der Waals surface area contributed by atoms with Crippen molar-refractivity contribution in [3.8, 4) is 0 Å². The number of piperazine rings is 1. The van der Waals surface area contributed by atoms with Crippen LogP contribution in [-0.4, -0.2) is 77.3 Å². The first-order chi connectivity index (χ1) is 15.7. The van der Waals surface area contributed by atoms with E-state index in [-0.39, 0.29) is 32.8 Å². The van der Waals surface area contributed by atoms with Crippen LogP contribution in [0.3, 0.4) is 0 Å². The van der Waals surface area contributed by atoms with Crippen molar-refractivity contribution in [2.24, 2.45) is 0 Å². The van der Waals surface area contributed by atoms with E-state index in [1.165, 1.54) is 15.1 Å². The van der Waals surface area contributed by atoms with Gasteiger partial charge >= 0.3 is 24.1 Å². The second-order valence-corrected chi connectivity index (χ2v) is 10.1. The molecule has 10 heteroatoms. The highest BCUT2D eigenvalue weighted by Gasteiger charge is 2.42. The van der Waals surface area contributed by atoms with Crippen LogP contribution in [0.5, 0.6) is 0 Å². The van der Waals surface area contributed by atoms with Crippen LogP contribution < -0.4 is 5.32 Å². The zero-order valence-electron chi connectivity index (χ0n) is 20.8. The van der Waals surface area contributed by atoms with Crippen LogP contribution in [0.2, 0.25) is 0 Å². The molecule has 0 aliphatic carbocycles. The smallest absolute Gasteiger partial charge is 0.411 e. The lowest BCUT2D eigenvalue weighted by atomic mass is 10.1. The first-order valence-electron chi connectivity index (χ1n) is 11.3. The number of hydrogen-bond acceptors (Lipinski definition) is 7. The van der Waals surface area contributed by atoms with Gasteiger partial charge in [-0.3, -0.25) is 10.2 Å². The molecule has 1 aromatic rings. The van der Waals surface area contributed by atoms with Crippen molar-refractivity contribution < 1.29 is 38.7 Å². The van der Waals surface area contributed by atoms with Gasteiger partial charge in [0.1, 0.15) is 17.8 Å². The number of nitrogens with zero attached hydrogens (tertiary/aromatic N) is 2. The number of amides is 3. The summed E-state index contributed by atoms with van der Waals surface area (Å²) in [6, 6.07) is 8.19. The molecule has 1 aliphatic heterocycles. The first kappa shape index (κ1) is 27.1. The van der Waals surface area contributed by atoms with Crippen LogP contribution in [-0.2, 0) is 30.4 Å². The second-order valence-electron chi connectivity index (χ2n) is 10.1. The van der Waals surface area contributed by atoms with Gasteiger partial charge in [0, 0.05) is 13.1 Å². The van der Waals surface area contributed by atoms with Crippen LogP contribution >= 0.6 is 0 Å². The van der Waals surface area contributed by atoms with Crippen LogP contribution in [0, 0.1) is 0 Å². The number of esters is 1. The van der Waals surface area contributed by atoms with Crippen LogP contribution in [0.1, 0.15) is 47.1 Å². The van der Waals surface area contributed by atoms with Gasteiger partial charge < -0.3 is 19.1 Å². The quantitative estimate of drug-likeness (QED) is 0.505. The number of carbonyl (C=O) groups is 4. The molecule has 0 aromatic heterocycles. The van der Waals surface area contributed by atoms with Crippen molar-refractivity contribution in [3.63, 3.8) is 0 Å². The highest BCUT2D eigenvalue weighted by molar-refractivity contribution is 5.82. The van der Waals surface area contributed by atoms with E-state index in [0.29, 0.717) is 0 Å². The number of benzene rings is 1. The molecule has 10 nitrogen and oxygen atoms in total. The zero-order chi connectivity index (χ0) is 25.5. The topological polar surface area (TPSA) is 119 Å². The van der Waals surface area contributed by atoms with Gasteiger partial charge in [0.15, 0.2) is 12.6 Å². The molecule has 188 valence electrons. The molecule has 2 N–H and O–H groups in total. The molecule has 34 heavy (non-hydrogen) atoms. The fourth-order valence-electron chi connectivity index (χ4n) is 3.17. The summed E-state index contributed by atoms with van der Waals surface area (Å²) < 4.78 is 16.1.